The van der Waals surface area contributed by atoms with Crippen LogP contribution in [-0.4, -0.2) is 11.0 Å². The molecule has 0 aliphatic heterocycles. The predicted molar refractivity (Wildman–Crippen MR) is 93.8 cm³/mol. The zero-order valence-electron chi connectivity index (χ0n) is 13.9. The number of benzene rings is 2. The molecule has 0 aliphatic carbocycles. The van der Waals surface area contributed by atoms with E-state index in [0.29, 0.717) is 11.3 Å². The van der Waals surface area contributed by atoms with Gasteiger partial charge in [0.1, 0.15) is 0 Å². The van der Waals surface area contributed by atoms with Crippen LogP contribution in [0.25, 0.3) is 10.8 Å². The Bertz CT molecular complexity index is 937. The number of alkyl halides is 3. The smallest absolute Gasteiger partial charge is 0.334 e. The third-order valence-corrected chi connectivity index (χ3v) is 3.88. The van der Waals surface area contributed by atoms with E-state index in [0.717, 1.165) is 28.6 Å². The Labute approximate surface area is 148 Å². The molecule has 134 valence electrons. The van der Waals surface area contributed by atoms with E-state index in [1.54, 1.807) is 12.3 Å². The van der Waals surface area contributed by atoms with E-state index in [2.05, 4.69) is 15.6 Å². The maximum atomic E-state index is 12.5. The zero-order valence-corrected chi connectivity index (χ0v) is 13.9. The SMILES string of the molecule is Cc1cc2c(NC(=O)NCc3ccc(C(F)(F)F)cc3)cccc2cn1. The van der Waals surface area contributed by atoms with Crippen molar-refractivity contribution in [3.05, 3.63) is 71.5 Å². The van der Waals surface area contributed by atoms with Gasteiger partial charge in [-0.25, -0.2) is 4.79 Å². The number of hydrogen-bond acceptors (Lipinski definition) is 2. The van der Waals surface area contributed by atoms with Crippen LogP contribution in [0.5, 0.6) is 0 Å². The van der Waals surface area contributed by atoms with Gasteiger partial charge in [0.15, 0.2) is 0 Å². The van der Waals surface area contributed by atoms with Gasteiger partial charge in [0, 0.05) is 29.2 Å². The highest BCUT2D eigenvalue weighted by atomic mass is 19.4. The largest absolute Gasteiger partial charge is 0.416 e. The second-order valence-corrected chi connectivity index (χ2v) is 5.85. The number of hydrogen-bond donors (Lipinski definition) is 2. The van der Waals surface area contributed by atoms with Gasteiger partial charge in [0.05, 0.1) is 11.3 Å². The molecule has 3 rings (SSSR count). The van der Waals surface area contributed by atoms with Crippen LogP contribution in [-0.2, 0) is 12.7 Å². The van der Waals surface area contributed by atoms with Crippen molar-refractivity contribution < 1.29 is 18.0 Å². The molecule has 2 N–H and O–H groups in total. The number of aromatic nitrogens is 1. The highest BCUT2D eigenvalue weighted by Crippen LogP contribution is 2.29. The highest BCUT2D eigenvalue weighted by Gasteiger charge is 2.29. The Morgan fingerprint density at radius 2 is 1.85 bits per heavy atom. The number of urea groups is 1. The maximum Gasteiger partial charge on any atom is 0.416 e. The number of amides is 2. The summed E-state index contributed by atoms with van der Waals surface area (Å²) in [4.78, 5) is 16.3. The molecule has 4 nitrogen and oxygen atoms in total. The van der Waals surface area contributed by atoms with Gasteiger partial charge in [-0.3, -0.25) is 4.98 Å². The van der Waals surface area contributed by atoms with Gasteiger partial charge in [-0.2, -0.15) is 13.2 Å². The summed E-state index contributed by atoms with van der Waals surface area (Å²) in [7, 11) is 0. The van der Waals surface area contributed by atoms with Crippen LogP contribution in [0, 0.1) is 6.92 Å². The number of nitrogens with one attached hydrogen (secondary N) is 2. The van der Waals surface area contributed by atoms with E-state index in [-0.39, 0.29) is 6.54 Å². The summed E-state index contributed by atoms with van der Waals surface area (Å²) in [5, 5.41) is 7.16. The first kappa shape index (κ1) is 17.7. The fourth-order valence-corrected chi connectivity index (χ4v) is 2.54. The van der Waals surface area contributed by atoms with Crippen molar-refractivity contribution in [1.29, 1.82) is 0 Å². The summed E-state index contributed by atoms with van der Waals surface area (Å²) in [6.45, 7) is 1.98. The standard InChI is InChI=1S/C19H16F3N3O/c1-12-9-16-14(11-23-12)3-2-4-17(16)25-18(26)24-10-13-5-7-15(8-6-13)19(20,21)22/h2-9,11H,10H2,1H3,(H2,24,25,26). The van der Waals surface area contributed by atoms with Crippen molar-refractivity contribution in [2.75, 3.05) is 5.32 Å². The molecule has 2 amide bonds. The fourth-order valence-electron chi connectivity index (χ4n) is 2.54. The normalized spacial score (nSPS) is 11.4. The fraction of sp³-hybridized carbons (Fsp3) is 0.158. The highest BCUT2D eigenvalue weighted by molar-refractivity contribution is 6.01. The van der Waals surface area contributed by atoms with E-state index < -0.39 is 17.8 Å². The number of anilines is 1. The molecule has 2 aromatic carbocycles. The van der Waals surface area contributed by atoms with E-state index in [4.69, 9.17) is 0 Å². The third-order valence-electron chi connectivity index (χ3n) is 3.88. The zero-order chi connectivity index (χ0) is 18.7. The Kier molecular flexibility index (Phi) is 4.79. The van der Waals surface area contributed by atoms with Crippen LogP contribution >= 0.6 is 0 Å². The molecule has 0 spiro atoms. The first-order valence-corrected chi connectivity index (χ1v) is 7.89. The molecule has 0 aliphatic rings. The molecule has 0 saturated carbocycles. The van der Waals surface area contributed by atoms with Crippen LogP contribution in [0.1, 0.15) is 16.8 Å². The summed E-state index contributed by atoms with van der Waals surface area (Å²) < 4.78 is 37.6. The van der Waals surface area contributed by atoms with Gasteiger partial charge in [0.25, 0.3) is 0 Å². The number of nitrogens with zero attached hydrogens (tertiary/aromatic N) is 1. The monoisotopic (exact) mass is 359 g/mol. The molecule has 3 aromatic rings. The van der Waals surface area contributed by atoms with Crippen molar-refractivity contribution in [3.8, 4) is 0 Å². The van der Waals surface area contributed by atoms with Gasteiger partial charge in [0.2, 0.25) is 0 Å². The molecule has 0 bridgehead atoms. The van der Waals surface area contributed by atoms with Crippen LogP contribution in [0.2, 0.25) is 0 Å². The molecule has 7 heteroatoms. The summed E-state index contributed by atoms with van der Waals surface area (Å²) in [5.74, 6) is 0. The van der Waals surface area contributed by atoms with Crippen molar-refractivity contribution in [2.24, 2.45) is 0 Å². The van der Waals surface area contributed by atoms with E-state index in [1.807, 2.05) is 25.1 Å². The summed E-state index contributed by atoms with van der Waals surface area (Å²) >= 11 is 0. The minimum absolute atomic E-state index is 0.120. The molecule has 0 saturated heterocycles. The quantitative estimate of drug-likeness (QED) is 0.700. The second-order valence-electron chi connectivity index (χ2n) is 5.85. The van der Waals surface area contributed by atoms with Crippen LogP contribution in [0.4, 0.5) is 23.7 Å². The number of halogens is 3. The molecular formula is C19H16F3N3O. The number of rotatable bonds is 3. The number of fused-ring (bicyclic) bond motifs is 1. The summed E-state index contributed by atoms with van der Waals surface area (Å²) in [6, 6.07) is 11.6. The molecule has 1 aromatic heterocycles. The Morgan fingerprint density at radius 3 is 2.54 bits per heavy atom. The lowest BCUT2D eigenvalue weighted by atomic mass is 10.1. The molecule has 0 unspecified atom stereocenters. The number of carbonyl (C=O) groups is 1. The second kappa shape index (κ2) is 7.03. The lowest BCUT2D eigenvalue weighted by Gasteiger charge is -2.11. The summed E-state index contributed by atoms with van der Waals surface area (Å²) in [6.07, 6.45) is -2.64. The van der Waals surface area contributed by atoms with E-state index >= 15 is 0 Å². The molecule has 1 heterocycles. The first-order chi connectivity index (χ1) is 12.3. The molecule has 0 fully saturated rings. The van der Waals surface area contributed by atoms with Crippen LogP contribution in [0.3, 0.4) is 0 Å². The van der Waals surface area contributed by atoms with Crippen molar-refractivity contribution in [2.45, 2.75) is 19.6 Å². The lowest BCUT2D eigenvalue weighted by molar-refractivity contribution is -0.137. The van der Waals surface area contributed by atoms with Crippen molar-refractivity contribution in [3.63, 3.8) is 0 Å². The van der Waals surface area contributed by atoms with Crippen LogP contribution in [0.15, 0.2) is 54.7 Å². The van der Waals surface area contributed by atoms with E-state index in [1.165, 1.54) is 12.1 Å². The van der Waals surface area contributed by atoms with Gasteiger partial charge in [-0.1, -0.05) is 24.3 Å². The minimum Gasteiger partial charge on any atom is -0.334 e. The van der Waals surface area contributed by atoms with Gasteiger partial charge in [-0.15, -0.1) is 0 Å². The molecule has 26 heavy (non-hydrogen) atoms. The van der Waals surface area contributed by atoms with Gasteiger partial charge >= 0.3 is 12.2 Å². The summed E-state index contributed by atoms with van der Waals surface area (Å²) in [5.41, 5.74) is 1.33. The topological polar surface area (TPSA) is 54.0 Å². The maximum absolute atomic E-state index is 12.5. The van der Waals surface area contributed by atoms with Crippen molar-refractivity contribution in [1.82, 2.24) is 10.3 Å². The Hall–Kier alpha value is -3.09. The number of carbonyl (C=O) groups excluding carboxylic acids is 1. The first-order valence-electron chi connectivity index (χ1n) is 7.89. The molecular weight excluding hydrogens is 343 g/mol. The number of pyridine rings is 1. The molecule has 0 atom stereocenters. The lowest BCUT2D eigenvalue weighted by Crippen LogP contribution is -2.28. The van der Waals surface area contributed by atoms with Crippen molar-refractivity contribution >= 4 is 22.5 Å². The molecule has 0 radical (unpaired) electrons. The Morgan fingerprint density at radius 1 is 1.12 bits per heavy atom. The van der Waals surface area contributed by atoms with Gasteiger partial charge < -0.3 is 10.6 Å². The van der Waals surface area contributed by atoms with E-state index in [9.17, 15) is 18.0 Å². The predicted octanol–water partition coefficient (Wildman–Crippen LogP) is 4.88. The minimum atomic E-state index is -4.37. The van der Waals surface area contributed by atoms with Crippen LogP contribution < -0.4 is 10.6 Å². The third kappa shape index (κ3) is 4.11. The van der Waals surface area contributed by atoms with Gasteiger partial charge in [-0.05, 0) is 36.8 Å². The average Bonchev–Trinajstić information content (AvgIpc) is 2.60. The Balaban J connectivity index is 1.65. The number of aryl methyl sites for hydroxylation is 1. The average molecular weight is 359 g/mol.